The van der Waals surface area contributed by atoms with Crippen molar-refractivity contribution in [2.24, 2.45) is 0 Å². The summed E-state index contributed by atoms with van der Waals surface area (Å²) >= 11 is 0. The number of benzene rings is 1. The molecule has 0 aliphatic heterocycles. The van der Waals surface area contributed by atoms with Crippen molar-refractivity contribution in [1.29, 1.82) is 0 Å². The maximum absolute atomic E-state index is 13.2. The summed E-state index contributed by atoms with van der Waals surface area (Å²) in [6.07, 6.45) is 0.923. The van der Waals surface area contributed by atoms with Crippen LogP contribution in [0.25, 0.3) is 0 Å². The average molecular weight is 253 g/mol. The van der Waals surface area contributed by atoms with E-state index >= 15 is 0 Å². The molecule has 5 heteroatoms. The smallest absolute Gasteiger partial charge is 0.233 e. The first-order chi connectivity index (χ1) is 8.56. The van der Waals surface area contributed by atoms with Crippen LogP contribution in [0, 0.1) is 5.82 Å². The van der Waals surface area contributed by atoms with Crippen molar-refractivity contribution in [2.75, 3.05) is 25.9 Å². The van der Waals surface area contributed by atoms with E-state index in [-0.39, 0.29) is 11.7 Å². The van der Waals surface area contributed by atoms with Gasteiger partial charge in [-0.15, -0.1) is 0 Å². The van der Waals surface area contributed by atoms with E-state index in [0.29, 0.717) is 24.3 Å². The van der Waals surface area contributed by atoms with Crippen molar-refractivity contribution in [1.82, 2.24) is 10.2 Å². The Morgan fingerprint density at radius 1 is 1.50 bits per heavy atom. The predicted octanol–water partition coefficient (Wildman–Crippen LogP) is 1.37. The van der Waals surface area contributed by atoms with E-state index in [9.17, 15) is 9.18 Å². The molecule has 0 aliphatic rings. The lowest BCUT2D eigenvalue weighted by Crippen LogP contribution is -2.35. The van der Waals surface area contributed by atoms with E-state index in [0.717, 1.165) is 13.0 Å². The first kappa shape index (κ1) is 14.4. The van der Waals surface area contributed by atoms with Gasteiger partial charge in [0.15, 0.2) is 0 Å². The Hall–Kier alpha value is -1.62. The highest BCUT2D eigenvalue weighted by atomic mass is 19.1. The van der Waals surface area contributed by atoms with Gasteiger partial charge in [-0.3, -0.25) is 9.69 Å². The van der Waals surface area contributed by atoms with Crippen LogP contribution in [0.2, 0.25) is 0 Å². The Morgan fingerprint density at radius 2 is 2.22 bits per heavy atom. The molecule has 0 fully saturated rings. The quantitative estimate of drug-likeness (QED) is 0.753. The van der Waals surface area contributed by atoms with Gasteiger partial charge in [-0.1, -0.05) is 6.92 Å². The average Bonchev–Trinajstić information content (AvgIpc) is 2.34. The fourth-order valence-electron chi connectivity index (χ4n) is 1.76. The molecular weight excluding hydrogens is 233 g/mol. The van der Waals surface area contributed by atoms with E-state index in [1.165, 1.54) is 12.1 Å². The van der Waals surface area contributed by atoms with E-state index in [1.807, 2.05) is 11.8 Å². The molecule has 1 amide bonds. The first-order valence-corrected chi connectivity index (χ1v) is 6.03. The summed E-state index contributed by atoms with van der Waals surface area (Å²) in [4.78, 5) is 13.3. The Balaban J connectivity index is 2.75. The number of amides is 1. The highest BCUT2D eigenvalue weighted by Crippen LogP contribution is 2.15. The number of anilines is 1. The number of nitrogens with two attached hydrogens (primary N) is 1. The number of nitrogens with zero attached hydrogens (tertiary/aromatic N) is 1. The number of carbonyl (C=O) groups excluding carboxylic acids is 1. The van der Waals surface area contributed by atoms with Gasteiger partial charge in [-0.05, 0) is 36.7 Å². The lowest BCUT2D eigenvalue weighted by Gasteiger charge is -2.21. The summed E-state index contributed by atoms with van der Waals surface area (Å²) in [6, 6.07) is 4.30. The highest BCUT2D eigenvalue weighted by Gasteiger charge is 2.11. The third kappa shape index (κ3) is 4.33. The van der Waals surface area contributed by atoms with Crippen molar-refractivity contribution >= 4 is 11.6 Å². The Labute approximate surface area is 107 Å². The maximum Gasteiger partial charge on any atom is 0.233 e. The number of nitrogen functional groups attached to an aromatic ring is 1. The zero-order valence-electron chi connectivity index (χ0n) is 10.9. The van der Waals surface area contributed by atoms with E-state index in [4.69, 9.17) is 5.73 Å². The lowest BCUT2D eigenvalue weighted by molar-refractivity contribution is -0.121. The number of hydrogen-bond acceptors (Lipinski definition) is 3. The van der Waals surface area contributed by atoms with Crippen LogP contribution in [0.5, 0.6) is 0 Å². The number of nitrogens with one attached hydrogen (secondary N) is 1. The molecule has 18 heavy (non-hydrogen) atoms. The summed E-state index contributed by atoms with van der Waals surface area (Å²) in [7, 11) is 1.60. The van der Waals surface area contributed by atoms with Crippen molar-refractivity contribution < 1.29 is 9.18 Å². The van der Waals surface area contributed by atoms with E-state index < -0.39 is 0 Å². The molecule has 0 aliphatic carbocycles. The first-order valence-electron chi connectivity index (χ1n) is 6.03. The number of hydrogen-bond donors (Lipinski definition) is 2. The van der Waals surface area contributed by atoms with Crippen molar-refractivity contribution in [2.45, 2.75) is 19.9 Å². The SMILES string of the molecule is CCCN(CC(=O)NC)Cc1cc(F)ccc1N. The molecule has 0 saturated heterocycles. The molecule has 1 aromatic rings. The number of likely N-dealkylation sites (N-methyl/N-ethyl adjacent to an activating group) is 1. The Kier molecular flexibility index (Phi) is 5.58. The molecule has 1 rings (SSSR count). The van der Waals surface area contributed by atoms with Crippen LogP contribution in [-0.4, -0.2) is 30.9 Å². The topological polar surface area (TPSA) is 58.4 Å². The van der Waals surface area contributed by atoms with Gasteiger partial charge in [0.25, 0.3) is 0 Å². The van der Waals surface area contributed by atoms with Gasteiger partial charge in [0.1, 0.15) is 5.82 Å². The zero-order chi connectivity index (χ0) is 13.5. The van der Waals surface area contributed by atoms with Gasteiger partial charge in [-0.25, -0.2) is 4.39 Å². The molecule has 0 spiro atoms. The predicted molar refractivity (Wildman–Crippen MR) is 70.4 cm³/mol. The molecule has 3 N–H and O–H groups in total. The molecule has 0 heterocycles. The minimum atomic E-state index is -0.310. The largest absolute Gasteiger partial charge is 0.398 e. The van der Waals surface area contributed by atoms with E-state index in [2.05, 4.69) is 5.32 Å². The third-order valence-corrected chi connectivity index (χ3v) is 2.68. The van der Waals surface area contributed by atoms with Gasteiger partial charge in [-0.2, -0.15) is 0 Å². The fourth-order valence-corrected chi connectivity index (χ4v) is 1.76. The molecule has 0 radical (unpaired) electrons. The van der Waals surface area contributed by atoms with Crippen LogP contribution in [-0.2, 0) is 11.3 Å². The van der Waals surface area contributed by atoms with Gasteiger partial charge >= 0.3 is 0 Å². The van der Waals surface area contributed by atoms with E-state index in [1.54, 1.807) is 13.1 Å². The standard InChI is InChI=1S/C13H20FN3O/c1-3-6-17(9-13(18)16-2)8-10-7-11(14)4-5-12(10)15/h4-5,7H,3,6,8-9,15H2,1-2H3,(H,16,18). The Bertz CT molecular complexity index is 409. The Morgan fingerprint density at radius 3 is 2.83 bits per heavy atom. The number of halogens is 1. The fraction of sp³-hybridized carbons (Fsp3) is 0.462. The molecule has 0 saturated carbocycles. The monoisotopic (exact) mass is 253 g/mol. The minimum Gasteiger partial charge on any atom is -0.398 e. The molecule has 0 atom stereocenters. The van der Waals surface area contributed by atoms with Crippen LogP contribution in [0.1, 0.15) is 18.9 Å². The van der Waals surface area contributed by atoms with Gasteiger partial charge in [0.05, 0.1) is 6.54 Å². The summed E-state index contributed by atoms with van der Waals surface area (Å²) in [6.45, 7) is 3.57. The molecule has 0 aromatic heterocycles. The highest BCUT2D eigenvalue weighted by molar-refractivity contribution is 5.77. The van der Waals surface area contributed by atoms with Crippen molar-refractivity contribution in [3.8, 4) is 0 Å². The zero-order valence-corrected chi connectivity index (χ0v) is 10.9. The molecule has 4 nitrogen and oxygen atoms in total. The van der Waals surface area contributed by atoms with Crippen LogP contribution >= 0.6 is 0 Å². The molecular formula is C13H20FN3O. The summed E-state index contributed by atoms with van der Waals surface area (Å²) in [5.74, 6) is -0.367. The molecule has 100 valence electrons. The lowest BCUT2D eigenvalue weighted by atomic mass is 10.1. The number of rotatable bonds is 6. The second-order valence-corrected chi connectivity index (χ2v) is 4.23. The third-order valence-electron chi connectivity index (χ3n) is 2.68. The van der Waals surface area contributed by atoms with Crippen molar-refractivity contribution in [3.05, 3.63) is 29.6 Å². The van der Waals surface area contributed by atoms with Gasteiger partial charge in [0, 0.05) is 19.3 Å². The van der Waals surface area contributed by atoms with Crippen LogP contribution < -0.4 is 11.1 Å². The normalized spacial score (nSPS) is 10.7. The molecule has 0 bridgehead atoms. The summed E-state index contributed by atoms with van der Waals surface area (Å²) in [5.41, 5.74) is 7.07. The summed E-state index contributed by atoms with van der Waals surface area (Å²) < 4.78 is 13.2. The van der Waals surface area contributed by atoms with Crippen LogP contribution in [0.3, 0.4) is 0 Å². The summed E-state index contributed by atoms with van der Waals surface area (Å²) in [5, 5.41) is 2.58. The number of carbonyl (C=O) groups is 1. The molecule has 1 aromatic carbocycles. The van der Waals surface area contributed by atoms with Crippen molar-refractivity contribution in [3.63, 3.8) is 0 Å². The maximum atomic E-state index is 13.2. The van der Waals surface area contributed by atoms with Crippen LogP contribution in [0.15, 0.2) is 18.2 Å². The van der Waals surface area contributed by atoms with Gasteiger partial charge < -0.3 is 11.1 Å². The van der Waals surface area contributed by atoms with Gasteiger partial charge in [0.2, 0.25) is 5.91 Å². The van der Waals surface area contributed by atoms with Crippen LogP contribution in [0.4, 0.5) is 10.1 Å². The second kappa shape index (κ2) is 6.96. The second-order valence-electron chi connectivity index (χ2n) is 4.23. The minimum absolute atomic E-state index is 0.0570. The molecule has 0 unspecified atom stereocenters.